The van der Waals surface area contributed by atoms with Crippen LogP contribution in [0.4, 0.5) is 0 Å². The van der Waals surface area contributed by atoms with Crippen LogP contribution in [0.25, 0.3) is 0 Å². The van der Waals surface area contributed by atoms with Crippen LogP contribution in [0.5, 0.6) is 0 Å². The van der Waals surface area contributed by atoms with Crippen molar-refractivity contribution >= 4 is 51.1 Å². The first-order valence-electron chi connectivity index (χ1n) is 26.9. The Morgan fingerprint density at radius 2 is 1.60 bits per heavy atom. The number of rotatable bonds is 12. The zero-order chi connectivity index (χ0) is 54.0. The maximum atomic E-state index is 14.6. The largest absolute Gasteiger partial charge is 0.460 e. The fourth-order valence-electron chi connectivity index (χ4n) is 11.0. The minimum Gasteiger partial charge on any atom is -0.460 e. The first-order valence-corrected chi connectivity index (χ1v) is 28.1. The van der Waals surface area contributed by atoms with Crippen molar-refractivity contribution in [2.75, 3.05) is 33.2 Å². The number of amides is 1. The highest BCUT2D eigenvalue weighted by Gasteiger charge is 2.53. The summed E-state index contributed by atoms with van der Waals surface area (Å²) in [5, 5.41) is 24.4. The van der Waals surface area contributed by atoms with E-state index in [0.717, 1.165) is 30.2 Å². The topological polar surface area (TPSA) is 201 Å². The lowest BCUT2D eigenvalue weighted by Gasteiger charge is -2.42. The third-order valence-corrected chi connectivity index (χ3v) is 16.3. The van der Waals surface area contributed by atoms with Gasteiger partial charge in [0.2, 0.25) is 5.79 Å². The second-order valence-electron chi connectivity index (χ2n) is 21.6. The lowest BCUT2D eigenvalue weighted by Crippen LogP contribution is -2.61. The second-order valence-corrected chi connectivity index (χ2v) is 22.3. The van der Waals surface area contributed by atoms with Crippen LogP contribution < -0.4 is 0 Å². The Kier molecular flexibility index (Phi) is 25.9. The maximum absolute atomic E-state index is 14.6. The number of fused-ring (bicyclic) bond motifs is 3. The number of cyclic esters (lactones) is 1. The van der Waals surface area contributed by atoms with E-state index >= 15 is 0 Å². The van der Waals surface area contributed by atoms with Crippen molar-refractivity contribution in [2.24, 2.45) is 35.5 Å². The molecule has 0 aromatic carbocycles. The highest BCUT2D eigenvalue weighted by Crippen LogP contribution is 2.38. The molecule has 3 heterocycles. The van der Waals surface area contributed by atoms with E-state index < -0.39 is 83.9 Å². The van der Waals surface area contributed by atoms with Crippen LogP contribution in [0.2, 0.25) is 0 Å². The Balaban J connectivity index is 1.67. The fraction of sp³-hybridized carbons (Fsp3) is 0.754. The zero-order valence-electron chi connectivity index (χ0n) is 45.4. The van der Waals surface area contributed by atoms with Gasteiger partial charge in [0.25, 0.3) is 11.7 Å². The Labute approximate surface area is 443 Å². The Morgan fingerprint density at radius 1 is 0.863 bits per heavy atom. The summed E-state index contributed by atoms with van der Waals surface area (Å²) in [6.45, 7) is 12.7. The van der Waals surface area contributed by atoms with Crippen LogP contribution in [0.15, 0.2) is 47.6 Å². The molecular formula is C57H88BrNO14. The summed E-state index contributed by atoms with van der Waals surface area (Å²) < 4.78 is 35.7. The molecule has 73 heavy (non-hydrogen) atoms. The van der Waals surface area contributed by atoms with E-state index in [1.54, 1.807) is 41.1 Å². The number of piperidine rings is 1. The molecule has 412 valence electrons. The van der Waals surface area contributed by atoms with E-state index in [4.69, 9.17) is 28.4 Å². The normalized spacial score (nSPS) is 36.0. The van der Waals surface area contributed by atoms with Crippen molar-refractivity contribution in [2.45, 2.75) is 206 Å². The number of Topliss-reactive ketones (excluding diaryl/α,β-unsaturated/α-hetero) is 3. The number of allylic oxidation sites excluding steroid dienone is 6. The molecule has 15 atom stereocenters. The molecule has 0 spiro atoms. The monoisotopic (exact) mass is 1090 g/mol. The Bertz CT molecular complexity index is 1970. The standard InChI is InChI=1S/C57H88BrNO14/c1-35-19-13-11-14-20-36(2)47(68-8)33-43-25-23-41(7)57(67,73-43)54(64)55(65)59-28-18-16-21-44(59)56(66)72-48(34-45(60)37(3)30-40(6)52(63)53(70-10)51(62)39(5)29-35)38(4)31-42-24-26-46(49(32-42)69-9)71-50(61)22-15-12-17-27-58/h11,13-14,19-20,30,35,37-39,41-44,46-49,52-53,63,67H,12,15-18,21-29,31-34H2,1-10H3/b14-11?,19-13+,36-20?,40-30+/t35-,37-,38-,39-,41-,42+,43+,44+,46-,47+,48+,49-,52-,53+,57-/m1/s1. The summed E-state index contributed by atoms with van der Waals surface area (Å²) in [6.07, 6.45) is 14.2. The van der Waals surface area contributed by atoms with Crippen molar-refractivity contribution in [3.8, 4) is 0 Å². The van der Waals surface area contributed by atoms with E-state index in [1.165, 1.54) is 12.0 Å². The predicted molar refractivity (Wildman–Crippen MR) is 281 cm³/mol. The number of carbonyl (C=O) groups is 6. The first kappa shape index (κ1) is 62.2. The number of aliphatic hydroxyl groups excluding tert-OH is 1. The maximum Gasteiger partial charge on any atom is 0.329 e. The molecule has 1 aliphatic carbocycles. The van der Waals surface area contributed by atoms with Crippen LogP contribution in [0.1, 0.15) is 151 Å². The number of nitrogens with zero attached hydrogens (tertiary/aromatic N) is 1. The van der Waals surface area contributed by atoms with E-state index in [2.05, 4.69) is 15.9 Å². The van der Waals surface area contributed by atoms with E-state index in [9.17, 15) is 39.0 Å². The van der Waals surface area contributed by atoms with Crippen LogP contribution in [0, 0.1) is 35.5 Å². The van der Waals surface area contributed by atoms with Gasteiger partial charge in [-0.1, -0.05) is 93.4 Å². The van der Waals surface area contributed by atoms with E-state index in [0.29, 0.717) is 76.2 Å². The highest BCUT2D eigenvalue weighted by atomic mass is 79.9. The van der Waals surface area contributed by atoms with E-state index in [1.807, 2.05) is 58.1 Å². The molecule has 0 radical (unpaired) electrons. The molecule has 3 aliphatic heterocycles. The molecule has 1 saturated carbocycles. The van der Waals surface area contributed by atoms with Gasteiger partial charge in [-0.25, -0.2) is 4.79 Å². The second kappa shape index (κ2) is 30.4. The van der Waals surface area contributed by atoms with Crippen LogP contribution in [-0.4, -0.2) is 138 Å². The van der Waals surface area contributed by atoms with Gasteiger partial charge in [-0.15, -0.1) is 0 Å². The minimum absolute atomic E-state index is 0.00886. The molecule has 1 amide bonds. The highest BCUT2D eigenvalue weighted by molar-refractivity contribution is 9.09. The molecule has 0 aromatic heterocycles. The third-order valence-electron chi connectivity index (χ3n) is 15.8. The van der Waals surface area contributed by atoms with Crippen LogP contribution >= 0.6 is 15.9 Å². The van der Waals surface area contributed by atoms with Crippen molar-refractivity contribution in [3.63, 3.8) is 0 Å². The third kappa shape index (κ3) is 17.9. The quantitative estimate of drug-likeness (QED) is 0.0618. The Hall–Kier alpha value is -3.38. The smallest absolute Gasteiger partial charge is 0.329 e. The average molecular weight is 1090 g/mol. The molecule has 0 unspecified atom stereocenters. The Morgan fingerprint density at radius 3 is 2.29 bits per heavy atom. The molecular weight excluding hydrogens is 1000 g/mol. The average Bonchev–Trinajstić information content (AvgIpc) is 3.37. The van der Waals surface area contributed by atoms with Crippen molar-refractivity contribution in [1.82, 2.24) is 4.90 Å². The number of carbonyl (C=O) groups excluding carboxylic acids is 6. The number of ether oxygens (including phenoxy) is 6. The van der Waals surface area contributed by atoms with Gasteiger partial charge in [-0.2, -0.15) is 0 Å². The van der Waals surface area contributed by atoms with Crippen LogP contribution in [0.3, 0.4) is 0 Å². The number of hydrogen-bond donors (Lipinski definition) is 2. The lowest BCUT2D eigenvalue weighted by molar-refractivity contribution is -0.265. The fourth-order valence-corrected chi connectivity index (χ4v) is 11.4. The summed E-state index contributed by atoms with van der Waals surface area (Å²) in [5.74, 6) is -8.41. The van der Waals surface area contributed by atoms with Gasteiger partial charge in [0, 0.05) is 70.2 Å². The lowest BCUT2D eigenvalue weighted by atomic mass is 9.78. The molecule has 2 bridgehead atoms. The van der Waals surface area contributed by atoms with Crippen molar-refractivity contribution in [1.29, 1.82) is 0 Å². The van der Waals surface area contributed by atoms with Gasteiger partial charge >= 0.3 is 11.9 Å². The minimum atomic E-state index is -2.45. The molecule has 4 rings (SSSR count). The summed E-state index contributed by atoms with van der Waals surface area (Å²) in [6, 6.07) is -1.16. The number of methoxy groups -OCH3 is 3. The summed E-state index contributed by atoms with van der Waals surface area (Å²) in [5.41, 5.74) is 1.25. The van der Waals surface area contributed by atoms with Gasteiger partial charge < -0.3 is 43.5 Å². The first-order chi connectivity index (χ1) is 34.7. The summed E-state index contributed by atoms with van der Waals surface area (Å²) in [7, 11) is 4.56. The van der Waals surface area contributed by atoms with Gasteiger partial charge in [0.1, 0.15) is 36.2 Å². The van der Waals surface area contributed by atoms with Gasteiger partial charge in [-0.05, 0) is 120 Å². The number of aliphatic hydroxyl groups is 2. The SMILES string of the molecule is CO[C@H]1C[C@@H]2CC[C@@H](C)[C@@](O)(O2)C(=O)C(=O)N2CCCC[C@H]2C(=O)O[C@H]([C@H](C)C[C@@H]2CC[C@@H](OC(=O)CCCCCBr)[C@H](OC)C2)CC(=O)[C@H](C)/C=C(\C)[C@@H](O)[C@@H](OC)C(=O)[C@H](C)C[C@H](C)/C=C/C=CC=C1C. The number of hydrogen-bond acceptors (Lipinski definition) is 14. The number of alkyl halides is 1. The van der Waals surface area contributed by atoms with Gasteiger partial charge in [-0.3, -0.25) is 24.0 Å². The molecule has 2 saturated heterocycles. The molecule has 0 aromatic rings. The number of unbranched alkanes of at least 4 members (excludes halogenated alkanes) is 2. The number of esters is 2. The van der Waals surface area contributed by atoms with E-state index in [-0.39, 0.29) is 60.8 Å². The molecule has 16 heteroatoms. The van der Waals surface area contributed by atoms with Crippen LogP contribution in [-0.2, 0) is 57.2 Å². The number of halogens is 1. The molecule has 3 fully saturated rings. The zero-order valence-corrected chi connectivity index (χ0v) is 47.0. The predicted octanol–water partition coefficient (Wildman–Crippen LogP) is 8.69. The van der Waals surface area contributed by atoms with Gasteiger partial charge in [0.05, 0.1) is 18.3 Å². The molecule has 2 N–H and O–H groups in total. The molecule has 4 aliphatic rings. The van der Waals surface area contributed by atoms with Crippen molar-refractivity contribution in [3.05, 3.63) is 47.6 Å². The summed E-state index contributed by atoms with van der Waals surface area (Å²) >= 11 is 3.43. The molecule has 15 nitrogen and oxygen atoms in total. The summed E-state index contributed by atoms with van der Waals surface area (Å²) in [4.78, 5) is 85.3. The number of ketones is 3. The van der Waals surface area contributed by atoms with Gasteiger partial charge in [0.15, 0.2) is 5.78 Å². The van der Waals surface area contributed by atoms with Crippen molar-refractivity contribution < 1.29 is 67.4 Å².